The minimum Gasteiger partial charge on any atom is -0.444 e. The fourth-order valence-corrected chi connectivity index (χ4v) is 2.83. The normalized spacial score (nSPS) is 17.0. The molecule has 1 aliphatic rings. The molecular weight excluding hydrogens is 388 g/mol. The predicted octanol–water partition coefficient (Wildman–Crippen LogP) is 2.01. The molecule has 174 valence electrons. The van der Waals surface area contributed by atoms with Gasteiger partial charge in [-0.2, -0.15) is 0 Å². The van der Waals surface area contributed by atoms with E-state index in [1.165, 1.54) is 0 Å². The van der Waals surface area contributed by atoms with Crippen molar-refractivity contribution in [2.45, 2.75) is 52.7 Å². The standard InChI is InChI=1S/C21H41N4O5/c1-20(2,3)29-18(27)23-12-10-22(17(26)16-25(7,8)9)11-13-24(15-14-23)19(28)30-21(4,5)6/h10-16H2,1-9H3/q+1. The van der Waals surface area contributed by atoms with Gasteiger partial charge in [0.15, 0.2) is 6.54 Å². The summed E-state index contributed by atoms with van der Waals surface area (Å²) in [4.78, 5) is 43.0. The number of carbonyl (C=O) groups is 3. The minimum atomic E-state index is -0.625. The van der Waals surface area contributed by atoms with Gasteiger partial charge in [0.05, 0.1) is 21.1 Å². The Bertz CT molecular complexity index is 519. The van der Waals surface area contributed by atoms with Crippen LogP contribution < -0.4 is 0 Å². The van der Waals surface area contributed by atoms with E-state index in [9.17, 15) is 14.4 Å². The maximum Gasteiger partial charge on any atom is 0.410 e. The Kier molecular flexibility index (Phi) is 8.54. The summed E-state index contributed by atoms with van der Waals surface area (Å²) in [6, 6.07) is 0. The molecule has 0 aromatic rings. The van der Waals surface area contributed by atoms with Gasteiger partial charge in [-0.05, 0) is 41.5 Å². The molecule has 1 fully saturated rings. The van der Waals surface area contributed by atoms with Crippen LogP contribution in [0.3, 0.4) is 0 Å². The first-order chi connectivity index (χ1) is 13.5. The van der Waals surface area contributed by atoms with E-state index in [-0.39, 0.29) is 5.91 Å². The molecule has 0 radical (unpaired) electrons. The summed E-state index contributed by atoms with van der Waals surface area (Å²) < 4.78 is 11.5. The summed E-state index contributed by atoms with van der Waals surface area (Å²) in [6.07, 6.45) is -0.903. The van der Waals surface area contributed by atoms with Crippen LogP contribution in [0, 0.1) is 0 Å². The molecule has 0 atom stereocenters. The van der Waals surface area contributed by atoms with Gasteiger partial charge in [0.25, 0.3) is 5.91 Å². The number of rotatable bonds is 2. The number of ether oxygens (including phenoxy) is 2. The second-order valence-electron chi connectivity index (χ2n) is 10.8. The van der Waals surface area contributed by atoms with Gasteiger partial charge in [0.1, 0.15) is 11.2 Å². The van der Waals surface area contributed by atoms with Crippen molar-refractivity contribution in [2.75, 3.05) is 67.0 Å². The Morgan fingerprint density at radius 2 is 0.967 bits per heavy atom. The summed E-state index contributed by atoms with van der Waals surface area (Å²) in [5, 5.41) is 0. The molecule has 0 saturated carbocycles. The van der Waals surface area contributed by atoms with Crippen LogP contribution in [0.4, 0.5) is 9.59 Å². The molecular formula is C21H41N4O5+. The van der Waals surface area contributed by atoms with E-state index >= 15 is 0 Å². The van der Waals surface area contributed by atoms with E-state index in [1.807, 2.05) is 62.7 Å². The average Bonchev–Trinajstić information content (AvgIpc) is 2.59. The summed E-state index contributed by atoms with van der Waals surface area (Å²) >= 11 is 0. The van der Waals surface area contributed by atoms with Gasteiger partial charge < -0.3 is 28.7 Å². The second kappa shape index (κ2) is 9.85. The molecule has 1 rings (SSSR count). The van der Waals surface area contributed by atoms with Gasteiger partial charge >= 0.3 is 12.2 Å². The van der Waals surface area contributed by atoms with Crippen LogP contribution in [0.1, 0.15) is 41.5 Å². The summed E-state index contributed by atoms with van der Waals surface area (Å²) in [5.74, 6) is -0.0160. The quantitative estimate of drug-likeness (QED) is 0.628. The first-order valence-electron chi connectivity index (χ1n) is 10.5. The molecule has 0 aliphatic carbocycles. The molecule has 1 aliphatic heterocycles. The van der Waals surface area contributed by atoms with E-state index < -0.39 is 23.4 Å². The molecule has 0 bridgehead atoms. The van der Waals surface area contributed by atoms with Crippen molar-refractivity contribution in [3.05, 3.63) is 0 Å². The number of quaternary nitrogens is 1. The van der Waals surface area contributed by atoms with Crippen LogP contribution in [0.2, 0.25) is 0 Å². The van der Waals surface area contributed by atoms with Crippen molar-refractivity contribution in [1.29, 1.82) is 0 Å². The third-order valence-corrected chi connectivity index (χ3v) is 4.19. The topological polar surface area (TPSA) is 79.4 Å². The monoisotopic (exact) mass is 429 g/mol. The SMILES string of the molecule is CC(C)(C)OC(=O)N1CCN(C(=O)C[N+](C)(C)C)CCN(C(=O)OC(C)(C)C)CC1. The Labute approximate surface area is 181 Å². The van der Waals surface area contributed by atoms with Crippen LogP contribution in [0.25, 0.3) is 0 Å². The summed E-state index contributed by atoms with van der Waals surface area (Å²) in [5.41, 5.74) is -1.25. The average molecular weight is 430 g/mol. The number of nitrogens with zero attached hydrogens (tertiary/aromatic N) is 4. The van der Waals surface area contributed by atoms with Gasteiger partial charge in [-0.3, -0.25) is 4.79 Å². The third-order valence-electron chi connectivity index (χ3n) is 4.19. The van der Waals surface area contributed by atoms with Crippen LogP contribution in [-0.4, -0.2) is 115 Å². The van der Waals surface area contributed by atoms with Gasteiger partial charge in [-0.1, -0.05) is 0 Å². The lowest BCUT2D eigenvalue weighted by Gasteiger charge is -2.30. The first-order valence-corrected chi connectivity index (χ1v) is 10.5. The molecule has 0 unspecified atom stereocenters. The molecule has 0 spiro atoms. The van der Waals surface area contributed by atoms with Crippen LogP contribution in [0.15, 0.2) is 0 Å². The maximum absolute atomic E-state index is 12.8. The highest BCUT2D eigenvalue weighted by molar-refractivity contribution is 5.77. The van der Waals surface area contributed by atoms with Crippen molar-refractivity contribution in [2.24, 2.45) is 0 Å². The highest BCUT2D eigenvalue weighted by atomic mass is 16.6. The highest BCUT2D eigenvalue weighted by Gasteiger charge is 2.30. The van der Waals surface area contributed by atoms with Gasteiger partial charge in [0, 0.05) is 39.3 Å². The number of hydrogen-bond donors (Lipinski definition) is 0. The number of amides is 3. The second-order valence-corrected chi connectivity index (χ2v) is 10.8. The smallest absolute Gasteiger partial charge is 0.410 e. The van der Waals surface area contributed by atoms with Gasteiger partial charge in [-0.15, -0.1) is 0 Å². The van der Waals surface area contributed by atoms with E-state index in [0.29, 0.717) is 50.3 Å². The molecule has 1 heterocycles. The lowest BCUT2D eigenvalue weighted by atomic mass is 10.2. The molecule has 3 amide bonds. The lowest BCUT2D eigenvalue weighted by molar-refractivity contribution is -0.862. The Morgan fingerprint density at radius 1 is 0.667 bits per heavy atom. The van der Waals surface area contributed by atoms with E-state index in [1.54, 1.807) is 14.7 Å². The van der Waals surface area contributed by atoms with Crippen molar-refractivity contribution in [3.63, 3.8) is 0 Å². The zero-order valence-electron chi connectivity index (χ0n) is 20.3. The largest absolute Gasteiger partial charge is 0.444 e. The van der Waals surface area contributed by atoms with Crippen molar-refractivity contribution in [1.82, 2.24) is 14.7 Å². The molecule has 9 heteroatoms. The molecule has 1 saturated heterocycles. The molecule has 0 aromatic carbocycles. The minimum absolute atomic E-state index is 0.0160. The third kappa shape index (κ3) is 10.1. The Balaban J connectivity index is 3.02. The van der Waals surface area contributed by atoms with Gasteiger partial charge in [-0.25, -0.2) is 9.59 Å². The fraction of sp³-hybridized carbons (Fsp3) is 0.857. The maximum atomic E-state index is 12.8. The molecule has 30 heavy (non-hydrogen) atoms. The van der Waals surface area contributed by atoms with Crippen molar-refractivity contribution >= 4 is 18.1 Å². The first kappa shape index (κ1) is 26.0. The lowest BCUT2D eigenvalue weighted by Crippen LogP contribution is -2.49. The zero-order chi connectivity index (χ0) is 23.3. The zero-order valence-corrected chi connectivity index (χ0v) is 20.3. The number of hydrogen-bond acceptors (Lipinski definition) is 5. The number of likely N-dealkylation sites (N-methyl/N-ethyl adjacent to an activating group) is 1. The van der Waals surface area contributed by atoms with Crippen molar-refractivity contribution < 1.29 is 28.3 Å². The van der Waals surface area contributed by atoms with E-state index in [2.05, 4.69) is 0 Å². The van der Waals surface area contributed by atoms with Crippen molar-refractivity contribution in [3.8, 4) is 0 Å². The summed E-state index contributed by atoms with van der Waals surface area (Å²) in [6.45, 7) is 13.3. The van der Waals surface area contributed by atoms with Crippen LogP contribution >= 0.6 is 0 Å². The van der Waals surface area contributed by atoms with E-state index in [4.69, 9.17) is 9.47 Å². The fourth-order valence-electron chi connectivity index (χ4n) is 2.83. The van der Waals surface area contributed by atoms with Gasteiger partial charge in [0.2, 0.25) is 0 Å². The van der Waals surface area contributed by atoms with E-state index in [0.717, 1.165) is 0 Å². The highest BCUT2D eigenvalue weighted by Crippen LogP contribution is 2.14. The molecule has 0 N–H and O–H groups in total. The molecule has 9 nitrogen and oxygen atoms in total. The Hall–Kier alpha value is -2.03. The summed E-state index contributed by atoms with van der Waals surface area (Å²) in [7, 11) is 5.86. The Morgan fingerprint density at radius 3 is 1.23 bits per heavy atom. The molecule has 0 aromatic heterocycles. The van der Waals surface area contributed by atoms with Crippen LogP contribution in [0.5, 0.6) is 0 Å². The number of carbonyl (C=O) groups excluding carboxylic acids is 3. The van der Waals surface area contributed by atoms with Crippen LogP contribution in [-0.2, 0) is 14.3 Å². The predicted molar refractivity (Wildman–Crippen MR) is 115 cm³/mol.